The fraction of sp³-hybridized carbons (Fsp3) is 0.188. The van der Waals surface area contributed by atoms with Crippen LogP contribution in [0.2, 0.25) is 0 Å². The second-order valence-corrected chi connectivity index (χ2v) is 5.30. The van der Waals surface area contributed by atoms with E-state index in [0.29, 0.717) is 23.6 Å². The molecule has 0 spiro atoms. The molecule has 0 bridgehead atoms. The molecule has 0 atom stereocenters. The lowest BCUT2D eigenvalue weighted by Gasteiger charge is -2.13. The summed E-state index contributed by atoms with van der Waals surface area (Å²) in [6, 6.07) is 5.44. The van der Waals surface area contributed by atoms with Crippen LogP contribution in [0, 0.1) is 6.92 Å². The number of carbonyl (C=O) groups excluding carboxylic acids is 2. The molecular weight excluding hydrogens is 280 g/mol. The maximum Gasteiger partial charge on any atom is 0.254 e. The summed E-state index contributed by atoms with van der Waals surface area (Å²) in [4.78, 5) is 27.5. The Kier molecular flexibility index (Phi) is 3.29. The van der Waals surface area contributed by atoms with Crippen molar-refractivity contribution in [2.75, 3.05) is 11.1 Å². The van der Waals surface area contributed by atoms with Crippen molar-refractivity contribution in [1.82, 2.24) is 10.3 Å². The van der Waals surface area contributed by atoms with Crippen LogP contribution in [0.25, 0.3) is 11.1 Å². The van der Waals surface area contributed by atoms with E-state index in [0.717, 1.165) is 22.3 Å². The van der Waals surface area contributed by atoms with Gasteiger partial charge in [-0.25, -0.2) is 4.98 Å². The number of fused-ring (bicyclic) bond motifs is 1. The molecule has 2 amide bonds. The van der Waals surface area contributed by atoms with Gasteiger partial charge in [-0.3, -0.25) is 9.59 Å². The lowest BCUT2D eigenvalue weighted by molar-refractivity contribution is -0.114. The van der Waals surface area contributed by atoms with Gasteiger partial charge >= 0.3 is 0 Å². The van der Waals surface area contributed by atoms with E-state index in [4.69, 9.17) is 5.73 Å². The average molecular weight is 296 g/mol. The fourth-order valence-electron chi connectivity index (χ4n) is 2.75. The van der Waals surface area contributed by atoms with Crippen LogP contribution < -0.4 is 16.4 Å². The molecule has 0 saturated carbocycles. The predicted octanol–water partition coefficient (Wildman–Crippen LogP) is 1.84. The van der Waals surface area contributed by atoms with E-state index in [1.165, 1.54) is 6.92 Å². The zero-order valence-corrected chi connectivity index (χ0v) is 12.4. The van der Waals surface area contributed by atoms with E-state index in [2.05, 4.69) is 15.6 Å². The largest absolute Gasteiger partial charge is 0.384 e. The summed E-state index contributed by atoms with van der Waals surface area (Å²) in [6.45, 7) is 3.80. The van der Waals surface area contributed by atoms with Crippen molar-refractivity contribution in [2.24, 2.45) is 0 Å². The second kappa shape index (κ2) is 5.14. The lowest BCUT2D eigenvalue weighted by Crippen LogP contribution is -2.15. The molecule has 0 unspecified atom stereocenters. The van der Waals surface area contributed by atoms with Crippen molar-refractivity contribution >= 4 is 23.3 Å². The molecule has 0 aliphatic carbocycles. The molecule has 1 aliphatic rings. The van der Waals surface area contributed by atoms with E-state index in [9.17, 15) is 9.59 Å². The molecule has 1 aliphatic heterocycles. The first kappa shape index (κ1) is 14.1. The smallest absolute Gasteiger partial charge is 0.254 e. The number of carbonyl (C=O) groups is 2. The first-order valence-electron chi connectivity index (χ1n) is 6.91. The summed E-state index contributed by atoms with van der Waals surface area (Å²) >= 11 is 0. The standard InChI is InChI=1S/C16H16N4O2/c1-8-5-14(17)18-6-11(8)10-3-4-13(20-9(2)21)15-12(10)7-19-16(15)22/h3-6H,7H2,1-2H3,(H2,17,18)(H,19,22)(H,20,21). The van der Waals surface area contributed by atoms with Crippen molar-refractivity contribution in [1.29, 1.82) is 0 Å². The van der Waals surface area contributed by atoms with Crippen molar-refractivity contribution in [3.8, 4) is 11.1 Å². The number of nitrogens with two attached hydrogens (primary N) is 1. The number of nitrogen functional groups attached to an aromatic ring is 1. The molecule has 1 aromatic heterocycles. The van der Waals surface area contributed by atoms with E-state index in [-0.39, 0.29) is 11.8 Å². The van der Waals surface area contributed by atoms with E-state index < -0.39 is 0 Å². The number of amides is 2. The number of nitrogens with one attached hydrogen (secondary N) is 2. The Morgan fingerprint density at radius 3 is 2.82 bits per heavy atom. The van der Waals surface area contributed by atoms with Crippen molar-refractivity contribution in [3.63, 3.8) is 0 Å². The minimum Gasteiger partial charge on any atom is -0.384 e. The first-order valence-corrected chi connectivity index (χ1v) is 6.91. The molecule has 22 heavy (non-hydrogen) atoms. The van der Waals surface area contributed by atoms with E-state index in [1.807, 2.05) is 13.0 Å². The molecule has 4 N–H and O–H groups in total. The Hall–Kier alpha value is -2.89. The summed E-state index contributed by atoms with van der Waals surface area (Å²) in [6.07, 6.45) is 1.71. The zero-order valence-electron chi connectivity index (χ0n) is 12.4. The molecule has 0 saturated heterocycles. The van der Waals surface area contributed by atoms with Crippen LogP contribution >= 0.6 is 0 Å². The highest BCUT2D eigenvalue weighted by Crippen LogP contribution is 2.35. The van der Waals surface area contributed by atoms with Gasteiger partial charge in [0.25, 0.3) is 5.91 Å². The maximum atomic E-state index is 12.1. The third kappa shape index (κ3) is 2.28. The Balaban J connectivity index is 2.19. The van der Waals surface area contributed by atoms with Gasteiger partial charge < -0.3 is 16.4 Å². The number of anilines is 2. The molecule has 6 heteroatoms. The number of hydrogen-bond acceptors (Lipinski definition) is 4. The molecule has 0 radical (unpaired) electrons. The molecule has 112 valence electrons. The number of benzene rings is 1. The van der Waals surface area contributed by atoms with Gasteiger partial charge in [0.1, 0.15) is 5.82 Å². The highest BCUT2D eigenvalue weighted by atomic mass is 16.2. The summed E-state index contributed by atoms with van der Waals surface area (Å²) in [5.41, 5.74) is 10.4. The quantitative estimate of drug-likeness (QED) is 0.787. The van der Waals surface area contributed by atoms with Gasteiger partial charge in [-0.2, -0.15) is 0 Å². The van der Waals surface area contributed by atoms with Gasteiger partial charge in [0.2, 0.25) is 5.91 Å². The number of hydrogen-bond donors (Lipinski definition) is 3. The van der Waals surface area contributed by atoms with Gasteiger partial charge in [-0.05, 0) is 35.7 Å². The van der Waals surface area contributed by atoms with Gasteiger partial charge in [-0.1, -0.05) is 6.07 Å². The van der Waals surface area contributed by atoms with Crippen LogP contribution in [-0.4, -0.2) is 16.8 Å². The van der Waals surface area contributed by atoms with Gasteiger partial charge in [0, 0.05) is 25.2 Å². The minimum atomic E-state index is -0.208. The molecule has 2 heterocycles. The predicted molar refractivity (Wildman–Crippen MR) is 84.3 cm³/mol. The Morgan fingerprint density at radius 2 is 2.14 bits per heavy atom. The summed E-state index contributed by atoms with van der Waals surface area (Å²) in [5, 5.41) is 5.51. The Morgan fingerprint density at radius 1 is 1.36 bits per heavy atom. The molecule has 6 nitrogen and oxygen atoms in total. The highest BCUT2D eigenvalue weighted by molar-refractivity contribution is 6.08. The average Bonchev–Trinajstić information content (AvgIpc) is 2.82. The summed E-state index contributed by atoms with van der Waals surface area (Å²) in [7, 11) is 0. The third-order valence-electron chi connectivity index (χ3n) is 3.70. The third-order valence-corrected chi connectivity index (χ3v) is 3.70. The Bertz CT molecular complexity index is 799. The number of rotatable bonds is 2. The van der Waals surface area contributed by atoms with Crippen LogP contribution in [0.1, 0.15) is 28.4 Å². The minimum absolute atomic E-state index is 0.179. The lowest BCUT2D eigenvalue weighted by atomic mass is 9.94. The topological polar surface area (TPSA) is 97.1 Å². The van der Waals surface area contributed by atoms with Crippen molar-refractivity contribution in [2.45, 2.75) is 20.4 Å². The van der Waals surface area contributed by atoms with Crippen LogP contribution in [-0.2, 0) is 11.3 Å². The highest BCUT2D eigenvalue weighted by Gasteiger charge is 2.26. The summed E-state index contributed by atoms with van der Waals surface area (Å²) in [5.74, 6) is 0.0728. The van der Waals surface area contributed by atoms with Crippen LogP contribution in [0.5, 0.6) is 0 Å². The van der Waals surface area contributed by atoms with Crippen molar-refractivity contribution in [3.05, 3.63) is 41.1 Å². The molecule has 3 rings (SSSR count). The SMILES string of the molecule is CC(=O)Nc1ccc(-c2cnc(N)cc2C)c2c1C(=O)NC2. The number of nitrogens with zero attached hydrogens (tertiary/aromatic N) is 1. The second-order valence-electron chi connectivity index (χ2n) is 5.30. The van der Waals surface area contributed by atoms with Crippen LogP contribution in [0.3, 0.4) is 0 Å². The van der Waals surface area contributed by atoms with Gasteiger partial charge in [0.05, 0.1) is 11.3 Å². The number of aryl methyl sites for hydroxylation is 1. The van der Waals surface area contributed by atoms with Gasteiger partial charge in [0.15, 0.2) is 0 Å². The molecule has 2 aromatic rings. The van der Waals surface area contributed by atoms with E-state index >= 15 is 0 Å². The van der Waals surface area contributed by atoms with Crippen LogP contribution in [0.15, 0.2) is 24.4 Å². The Labute approximate surface area is 127 Å². The molecule has 1 aromatic carbocycles. The number of aromatic nitrogens is 1. The normalized spacial score (nSPS) is 12.7. The van der Waals surface area contributed by atoms with Crippen LogP contribution in [0.4, 0.5) is 11.5 Å². The maximum absolute atomic E-state index is 12.1. The van der Waals surface area contributed by atoms with Gasteiger partial charge in [-0.15, -0.1) is 0 Å². The zero-order chi connectivity index (χ0) is 15.9. The van der Waals surface area contributed by atoms with E-state index in [1.54, 1.807) is 18.3 Å². The number of pyridine rings is 1. The summed E-state index contributed by atoms with van der Waals surface area (Å²) < 4.78 is 0. The fourth-order valence-corrected chi connectivity index (χ4v) is 2.75. The molecule has 0 fully saturated rings. The molecular formula is C16H16N4O2. The monoisotopic (exact) mass is 296 g/mol. The van der Waals surface area contributed by atoms with Crippen molar-refractivity contribution < 1.29 is 9.59 Å². The first-order chi connectivity index (χ1) is 10.5.